The van der Waals surface area contributed by atoms with Gasteiger partial charge < -0.3 is 5.73 Å². The zero-order valence-electron chi connectivity index (χ0n) is 10.9. The van der Waals surface area contributed by atoms with Crippen LogP contribution in [0.25, 0.3) is 5.69 Å². The minimum atomic E-state index is 0.373. The number of anilines is 1. The van der Waals surface area contributed by atoms with Gasteiger partial charge in [-0.25, -0.2) is 14.3 Å². The first kappa shape index (κ1) is 12.1. The zero-order chi connectivity index (χ0) is 13.9. The van der Waals surface area contributed by atoms with Crippen molar-refractivity contribution in [2.75, 3.05) is 5.73 Å². The molecule has 0 atom stereocenters. The van der Waals surface area contributed by atoms with Gasteiger partial charge in [-0.3, -0.25) is 0 Å². The lowest BCUT2D eigenvalue weighted by atomic mass is 10.2. The molecule has 0 spiro atoms. The zero-order valence-corrected chi connectivity index (χ0v) is 10.9. The van der Waals surface area contributed by atoms with E-state index in [0.717, 1.165) is 16.9 Å². The van der Waals surface area contributed by atoms with Gasteiger partial charge in [0.1, 0.15) is 0 Å². The lowest BCUT2D eigenvalue weighted by Gasteiger charge is -2.00. The number of aromatic nitrogens is 5. The van der Waals surface area contributed by atoms with Gasteiger partial charge in [0.15, 0.2) is 0 Å². The fourth-order valence-corrected chi connectivity index (χ4v) is 1.78. The van der Waals surface area contributed by atoms with E-state index in [0.29, 0.717) is 5.95 Å². The molecule has 0 aliphatic carbocycles. The molecular weight excluding hydrogens is 254 g/mol. The third-order valence-corrected chi connectivity index (χ3v) is 2.75. The summed E-state index contributed by atoms with van der Waals surface area (Å²) in [7, 11) is 0. The Hall–Kier alpha value is -2.96. The lowest BCUT2D eigenvalue weighted by Crippen LogP contribution is -1.97. The number of rotatable bonds is 3. The molecule has 3 rings (SSSR count). The molecule has 2 heterocycles. The molecule has 0 saturated heterocycles. The fourth-order valence-electron chi connectivity index (χ4n) is 1.78. The Bertz CT molecular complexity index is 723. The lowest BCUT2D eigenvalue weighted by molar-refractivity contribution is 0.803. The van der Waals surface area contributed by atoms with E-state index in [9.17, 15) is 0 Å². The van der Waals surface area contributed by atoms with Crippen molar-refractivity contribution in [3.8, 4) is 5.69 Å². The van der Waals surface area contributed by atoms with Crippen LogP contribution in [0.2, 0.25) is 0 Å². The molecule has 2 aromatic heterocycles. The van der Waals surface area contributed by atoms with Crippen LogP contribution in [0.3, 0.4) is 0 Å². The number of hydrogen-bond acceptors (Lipinski definition) is 5. The van der Waals surface area contributed by atoms with Gasteiger partial charge in [-0.1, -0.05) is 17.3 Å². The van der Waals surface area contributed by atoms with E-state index < -0.39 is 0 Å². The van der Waals surface area contributed by atoms with Crippen LogP contribution in [0.15, 0.2) is 48.0 Å². The molecule has 7 heteroatoms. The van der Waals surface area contributed by atoms with Crippen LogP contribution in [-0.2, 0) is 0 Å². The van der Waals surface area contributed by atoms with Gasteiger partial charge in [-0.05, 0) is 24.6 Å². The second-order valence-corrected chi connectivity index (χ2v) is 4.27. The number of imidazole rings is 1. The molecule has 0 saturated carbocycles. The molecule has 0 aliphatic heterocycles. The summed E-state index contributed by atoms with van der Waals surface area (Å²) in [4.78, 5) is 4.08. The van der Waals surface area contributed by atoms with E-state index in [1.165, 1.54) is 0 Å². The van der Waals surface area contributed by atoms with Crippen molar-refractivity contribution in [2.45, 2.75) is 6.92 Å². The van der Waals surface area contributed by atoms with Crippen LogP contribution in [0.5, 0.6) is 0 Å². The standard InChI is InChI=1S/C13H13N7/c1-10-9-20(13(14)17-10)16-8-11-2-4-12(5-3-11)19-7-6-15-18-19/h2-9H,1H3,(H2,14,17). The van der Waals surface area contributed by atoms with Crippen molar-refractivity contribution in [1.82, 2.24) is 24.7 Å². The van der Waals surface area contributed by atoms with Gasteiger partial charge in [-0.15, -0.1) is 5.10 Å². The van der Waals surface area contributed by atoms with E-state index in [1.807, 2.05) is 31.2 Å². The van der Waals surface area contributed by atoms with Crippen LogP contribution >= 0.6 is 0 Å². The molecule has 0 bridgehead atoms. The van der Waals surface area contributed by atoms with Crippen LogP contribution in [0.1, 0.15) is 11.3 Å². The normalized spacial score (nSPS) is 11.2. The maximum absolute atomic E-state index is 5.71. The van der Waals surface area contributed by atoms with Crippen molar-refractivity contribution in [1.29, 1.82) is 0 Å². The molecule has 0 aliphatic rings. The van der Waals surface area contributed by atoms with Gasteiger partial charge in [0.2, 0.25) is 5.95 Å². The van der Waals surface area contributed by atoms with Crippen LogP contribution in [-0.4, -0.2) is 30.9 Å². The second-order valence-electron chi connectivity index (χ2n) is 4.27. The number of benzene rings is 1. The van der Waals surface area contributed by atoms with Crippen molar-refractivity contribution >= 4 is 12.2 Å². The van der Waals surface area contributed by atoms with Crippen LogP contribution in [0, 0.1) is 6.92 Å². The Balaban J connectivity index is 1.80. The number of aryl methyl sites for hydroxylation is 1. The van der Waals surface area contributed by atoms with Gasteiger partial charge in [0.05, 0.1) is 36.2 Å². The molecular formula is C13H13N7. The topological polar surface area (TPSA) is 86.9 Å². The van der Waals surface area contributed by atoms with E-state index in [-0.39, 0.29) is 0 Å². The summed E-state index contributed by atoms with van der Waals surface area (Å²) in [5, 5.41) is 12.0. The predicted octanol–water partition coefficient (Wildman–Crippen LogP) is 1.24. The molecule has 3 aromatic rings. The smallest absolute Gasteiger partial charge is 0.221 e. The highest BCUT2D eigenvalue weighted by Crippen LogP contribution is 2.08. The highest BCUT2D eigenvalue weighted by atomic mass is 15.4. The first-order valence-electron chi connectivity index (χ1n) is 6.05. The third-order valence-electron chi connectivity index (χ3n) is 2.75. The average molecular weight is 267 g/mol. The first-order chi connectivity index (χ1) is 9.72. The largest absolute Gasteiger partial charge is 0.368 e. The molecule has 0 fully saturated rings. The summed E-state index contributed by atoms with van der Waals surface area (Å²) in [6, 6.07) is 7.78. The molecule has 20 heavy (non-hydrogen) atoms. The highest BCUT2D eigenvalue weighted by molar-refractivity contribution is 5.79. The van der Waals surface area contributed by atoms with Crippen molar-refractivity contribution < 1.29 is 0 Å². The van der Waals surface area contributed by atoms with Crippen molar-refractivity contribution in [2.24, 2.45) is 5.10 Å². The Kier molecular flexibility index (Phi) is 3.00. The fraction of sp³-hybridized carbons (Fsp3) is 0.0769. The predicted molar refractivity (Wildman–Crippen MR) is 75.7 cm³/mol. The minimum absolute atomic E-state index is 0.373. The average Bonchev–Trinajstić information content (AvgIpc) is 3.07. The van der Waals surface area contributed by atoms with E-state index >= 15 is 0 Å². The number of hydrogen-bond donors (Lipinski definition) is 1. The van der Waals surface area contributed by atoms with E-state index in [4.69, 9.17) is 5.73 Å². The summed E-state index contributed by atoms with van der Waals surface area (Å²) in [6.07, 6.45) is 6.93. The number of nitrogens with two attached hydrogens (primary N) is 1. The Morgan fingerprint density at radius 1 is 1.25 bits per heavy atom. The molecule has 2 N–H and O–H groups in total. The minimum Gasteiger partial charge on any atom is -0.368 e. The quantitative estimate of drug-likeness (QED) is 0.723. The maximum atomic E-state index is 5.71. The molecule has 7 nitrogen and oxygen atoms in total. The summed E-state index contributed by atoms with van der Waals surface area (Å²) in [6.45, 7) is 1.87. The van der Waals surface area contributed by atoms with Gasteiger partial charge in [0, 0.05) is 0 Å². The van der Waals surface area contributed by atoms with Gasteiger partial charge in [-0.2, -0.15) is 5.10 Å². The third kappa shape index (κ3) is 2.41. The summed E-state index contributed by atoms with van der Waals surface area (Å²) in [5.74, 6) is 0.373. The van der Waals surface area contributed by atoms with Crippen molar-refractivity contribution in [3.63, 3.8) is 0 Å². The number of nitrogen functional groups attached to an aromatic ring is 1. The molecule has 0 unspecified atom stereocenters. The maximum Gasteiger partial charge on any atom is 0.221 e. The molecule has 1 aromatic carbocycles. The first-order valence-corrected chi connectivity index (χ1v) is 6.05. The van der Waals surface area contributed by atoms with Crippen molar-refractivity contribution in [3.05, 3.63) is 54.1 Å². The van der Waals surface area contributed by atoms with E-state index in [1.54, 1.807) is 34.2 Å². The molecule has 0 radical (unpaired) electrons. The van der Waals surface area contributed by atoms with Gasteiger partial charge >= 0.3 is 0 Å². The Labute approximate surface area is 115 Å². The summed E-state index contributed by atoms with van der Waals surface area (Å²) in [5.41, 5.74) is 8.45. The number of nitrogens with zero attached hydrogens (tertiary/aromatic N) is 6. The Morgan fingerprint density at radius 2 is 2.05 bits per heavy atom. The Morgan fingerprint density at radius 3 is 2.65 bits per heavy atom. The second kappa shape index (κ2) is 4.96. The van der Waals surface area contributed by atoms with E-state index in [2.05, 4.69) is 20.4 Å². The van der Waals surface area contributed by atoms with Crippen LogP contribution < -0.4 is 5.73 Å². The van der Waals surface area contributed by atoms with Crippen LogP contribution in [0.4, 0.5) is 5.95 Å². The SMILES string of the molecule is Cc1cn(N=Cc2ccc(-n3ccnn3)cc2)c(N)n1. The molecule has 0 amide bonds. The monoisotopic (exact) mass is 267 g/mol. The summed E-state index contributed by atoms with van der Waals surface area (Å²) < 4.78 is 3.23. The summed E-state index contributed by atoms with van der Waals surface area (Å²) >= 11 is 0. The van der Waals surface area contributed by atoms with Gasteiger partial charge in [0.25, 0.3) is 0 Å². The highest BCUT2D eigenvalue weighted by Gasteiger charge is 1.99. The molecule has 100 valence electrons.